The molecule has 0 aliphatic heterocycles. The Morgan fingerprint density at radius 1 is 1.33 bits per heavy atom. The first-order chi connectivity index (χ1) is 5.52. The molecule has 0 saturated carbocycles. The number of carbonyl (C=O) groups is 1. The molecule has 0 bridgehead atoms. The van der Waals surface area contributed by atoms with Crippen LogP contribution in [0.1, 0.15) is 40.0 Å². The SMILES string of the molecule is [CH]C(=O)NC(C)CCCC(C)C. The fraction of sp³-hybridized carbons (Fsp3) is 0.800. The van der Waals surface area contributed by atoms with Crippen molar-refractivity contribution >= 4 is 5.91 Å². The van der Waals surface area contributed by atoms with Gasteiger partial charge in [-0.2, -0.15) is 0 Å². The van der Waals surface area contributed by atoms with Crippen LogP contribution in [0.2, 0.25) is 0 Å². The highest BCUT2D eigenvalue weighted by atomic mass is 16.1. The van der Waals surface area contributed by atoms with Gasteiger partial charge in [-0.05, 0) is 19.3 Å². The van der Waals surface area contributed by atoms with Crippen molar-refractivity contribution in [2.75, 3.05) is 0 Å². The number of amides is 1. The van der Waals surface area contributed by atoms with Gasteiger partial charge in [-0.25, -0.2) is 0 Å². The van der Waals surface area contributed by atoms with E-state index in [0.717, 1.165) is 18.8 Å². The van der Waals surface area contributed by atoms with E-state index in [1.807, 2.05) is 6.92 Å². The second-order valence-corrected chi connectivity index (χ2v) is 3.73. The first kappa shape index (κ1) is 11.5. The van der Waals surface area contributed by atoms with E-state index in [9.17, 15) is 4.79 Å². The molecule has 0 spiro atoms. The fourth-order valence-corrected chi connectivity index (χ4v) is 1.15. The zero-order valence-electron chi connectivity index (χ0n) is 8.26. The molecule has 0 rings (SSSR count). The van der Waals surface area contributed by atoms with E-state index < -0.39 is 5.91 Å². The summed E-state index contributed by atoms with van der Waals surface area (Å²) in [6.07, 6.45) is 3.38. The number of hydrogen-bond acceptors (Lipinski definition) is 1. The number of carbonyl (C=O) groups excluding carboxylic acids is 1. The number of rotatable bonds is 5. The highest BCUT2D eigenvalue weighted by Crippen LogP contribution is 2.07. The van der Waals surface area contributed by atoms with Crippen LogP contribution in [0.15, 0.2) is 0 Å². The molecular formula is C10H19NO. The van der Waals surface area contributed by atoms with Gasteiger partial charge in [0, 0.05) is 6.04 Å². The van der Waals surface area contributed by atoms with Crippen LogP contribution in [0, 0.1) is 12.8 Å². The monoisotopic (exact) mass is 169 g/mol. The molecule has 12 heavy (non-hydrogen) atoms. The fourth-order valence-electron chi connectivity index (χ4n) is 1.15. The third-order valence-corrected chi connectivity index (χ3v) is 1.81. The summed E-state index contributed by atoms with van der Waals surface area (Å²) in [7, 11) is 0. The summed E-state index contributed by atoms with van der Waals surface area (Å²) >= 11 is 0. The first-order valence-electron chi connectivity index (χ1n) is 4.58. The van der Waals surface area contributed by atoms with E-state index in [1.54, 1.807) is 0 Å². The van der Waals surface area contributed by atoms with Crippen LogP contribution in [-0.4, -0.2) is 11.9 Å². The lowest BCUT2D eigenvalue weighted by molar-refractivity contribution is -0.117. The molecule has 1 atom stereocenters. The van der Waals surface area contributed by atoms with Gasteiger partial charge in [-0.15, -0.1) is 0 Å². The van der Waals surface area contributed by atoms with E-state index in [1.165, 1.54) is 6.42 Å². The van der Waals surface area contributed by atoms with Crippen LogP contribution in [0.4, 0.5) is 0 Å². The van der Waals surface area contributed by atoms with Crippen molar-refractivity contribution < 1.29 is 4.79 Å². The topological polar surface area (TPSA) is 29.1 Å². The van der Waals surface area contributed by atoms with Crippen LogP contribution in [-0.2, 0) is 4.79 Å². The van der Waals surface area contributed by atoms with E-state index in [-0.39, 0.29) is 6.04 Å². The summed E-state index contributed by atoms with van der Waals surface area (Å²) in [5.74, 6) is 0.317. The maximum absolute atomic E-state index is 10.4. The molecule has 0 saturated heterocycles. The second kappa shape index (κ2) is 6.04. The molecule has 0 aliphatic rings. The van der Waals surface area contributed by atoms with Crippen molar-refractivity contribution in [2.45, 2.75) is 46.1 Å². The third-order valence-electron chi connectivity index (χ3n) is 1.81. The summed E-state index contributed by atoms with van der Waals surface area (Å²) in [4.78, 5) is 10.4. The summed E-state index contributed by atoms with van der Waals surface area (Å²) < 4.78 is 0. The molecule has 0 aromatic rings. The van der Waals surface area contributed by atoms with Crippen molar-refractivity contribution in [1.82, 2.24) is 5.32 Å². The van der Waals surface area contributed by atoms with Gasteiger partial charge in [-0.3, -0.25) is 4.79 Å². The molecule has 70 valence electrons. The molecule has 1 N–H and O–H groups in total. The standard InChI is InChI=1S/C10H19NO/c1-8(2)6-5-7-9(3)11-10(4)12/h4,8-9H,5-7H2,1-3H3,(H,11,12). The molecule has 1 unspecified atom stereocenters. The Morgan fingerprint density at radius 2 is 1.92 bits per heavy atom. The smallest absolute Gasteiger partial charge is 0.224 e. The quantitative estimate of drug-likeness (QED) is 0.670. The second-order valence-electron chi connectivity index (χ2n) is 3.73. The molecule has 0 aromatic carbocycles. The average Bonchev–Trinajstić information content (AvgIpc) is 1.84. The Kier molecular flexibility index (Phi) is 5.77. The van der Waals surface area contributed by atoms with Crippen molar-refractivity contribution in [3.05, 3.63) is 6.92 Å². The lowest BCUT2D eigenvalue weighted by Crippen LogP contribution is -2.30. The minimum atomic E-state index is -0.424. The molecule has 0 fully saturated rings. The largest absolute Gasteiger partial charge is 0.353 e. The summed E-state index contributed by atoms with van der Waals surface area (Å²) in [6, 6.07) is 0.209. The number of nitrogens with one attached hydrogen (secondary N) is 1. The van der Waals surface area contributed by atoms with Crippen LogP contribution in [0.3, 0.4) is 0 Å². The molecule has 1 amide bonds. The maximum Gasteiger partial charge on any atom is 0.224 e. The van der Waals surface area contributed by atoms with E-state index in [2.05, 4.69) is 19.2 Å². The minimum Gasteiger partial charge on any atom is -0.353 e. The van der Waals surface area contributed by atoms with Gasteiger partial charge in [0.05, 0.1) is 6.92 Å². The molecular weight excluding hydrogens is 150 g/mol. The van der Waals surface area contributed by atoms with Crippen molar-refractivity contribution in [3.8, 4) is 0 Å². The van der Waals surface area contributed by atoms with Crippen molar-refractivity contribution in [3.63, 3.8) is 0 Å². The van der Waals surface area contributed by atoms with Crippen molar-refractivity contribution in [1.29, 1.82) is 0 Å². The maximum atomic E-state index is 10.4. The van der Waals surface area contributed by atoms with E-state index in [4.69, 9.17) is 6.92 Å². The predicted octanol–water partition coefficient (Wildman–Crippen LogP) is 2.03. The normalized spacial score (nSPS) is 13.1. The van der Waals surface area contributed by atoms with E-state index in [0.29, 0.717) is 0 Å². The molecule has 2 heteroatoms. The lowest BCUT2D eigenvalue weighted by Gasteiger charge is -2.12. The van der Waals surface area contributed by atoms with Gasteiger partial charge >= 0.3 is 0 Å². The summed E-state index contributed by atoms with van der Waals surface area (Å²) in [6.45, 7) is 11.4. The predicted molar refractivity (Wildman–Crippen MR) is 50.6 cm³/mol. The highest BCUT2D eigenvalue weighted by Gasteiger charge is 2.03. The Hall–Kier alpha value is -0.530. The Morgan fingerprint density at radius 3 is 2.33 bits per heavy atom. The average molecular weight is 169 g/mol. The van der Waals surface area contributed by atoms with Gasteiger partial charge in [0.15, 0.2) is 0 Å². The zero-order chi connectivity index (χ0) is 9.56. The highest BCUT2D eigenvalue weighted by molar-refractivity contribution is 5.80. The van der Waals surface area contributed by atoms with Gasteiger partial charge < -0.3 is 5.32 Å². The molecule has 2 nitrogen and oxygen atoms in total. The Bertz CT molecular complexity index is 132. The Labute approximate surface area is 75.7 Å². The molecule has 2 radical (unpaired) electrons. The van der Waals surface area contributed by atoms with Crippen LogP contribution in [0.5, 0.6) is 0 Å². The zero-order valence-corrected chi connectivity index (χ0v) is 8.26. The van der Waals surface area contributed by atoms with Crippen LogP contribution >= 0.6 is 0 Å². The first-order valence-corrected chi connectivity index (χ1v) is 4.58. The van der Waals surface area contributed by atoms with Gasteiger partial charge in [0.2, 0.25) is 5.91 Å². The van der Waals surface area contributed by atoms with Gasteiger partial charge in [-0.1, -0.05) is 26.7 Å². The van der Waals surface area contributed by atoms with Crippen LogP contribution in [0.25, 0.3) is 0 Å². The third kappa shape index (κ3) is 7.58. The molecule has 0 aromatic heterocycles. The number of hydrogen-bond donors (Lipinski definition) is 1. The lowest BCUT2D eigenvalue weighted by atomic mass is 10.0. The van der Waals surface area contributed by atoms with E-state index >= 15 is 0 Å². The van der Waals surface area contributed by atoms with Gasteiger partial charge in [0.1, 0.15) is 0 Å². The Balaban J connectivity index is 3.31. The summed E-state index contributed by atoms with van der Waals surface area (Å²) in [5, 5.41) is 2.66. The summed E-state index contributed by atoms with van der Waals surface area (Å²) in [5.41, 5.74) is 0. The van der Waals surface area contributed by atoms with Crippen LogP contribution < -0.4 is 5.32 Å². The molecule has 0 heterocycles. The minimum absolute atomic E-state index is 0.209. The van der Waals surface area contributed by atoms with Gasteiger partial charge in [0.25, 0.3) is 0 Å². The molecule has 0 aliphatic carbocycles. The van der Waals surface area contributed by atoms with Crippen molar-refractivity contribution in [2.24, 2.45) is 5.92 Å².